The summed E-state index contributed by atoms with van der Waals surface area (Å²) in [6, 6.07) is 10.2. The van der Waals surface area contributed by atoms with Crippen molar-refractivity contribution < 1.29 is 23.1 Å². The summed E-state index contributed by atoms with van der Waals surface area (Å²) in [4.78, 5) is 18.8. The van der Waals surface area contributed by atoms with Gasteiger partial charge in [0.15, 0.2) is 5.78 Å². The van der Waals surface area contributed by atoms with E-state index in [4.69, 9.17) is 0 Å². The number of hydrogen-bond donors (Lipinski definition) is 3. The molecule has 2 rings (SSSR count). The number of halogens is 2. The molecule has 0 aliphatic carbocycles. The Morgan fingerprint density at radius 1 is 1.00 bits per heavy atom. The third-order valence-electron chi connectivity index (χ3n) is 2.68. The molecule has 7 heteroatoms. The second-order valence-corrected chi connectivity index (χ2v) is 5.86. The monoisotopic (exact) mass is 299 g/mol. The van der Waals surface area contributed by atoms with E-state index >= 15 is 0 Å². The molecule has 0 spiro atoms. The molecule has 1 unspecified atom stereocenters. The Balaban J connectivity index is 2.37. The molecular formula is C13H12F2NO3P. The summed E-state index contributed by atoms with van der Waals surface area (Å²) in [6.07, 6.45) is 0. The van der Waals surface area contributed by atoms with Crippen molar-refractivity contribution in [2.75, 3.05) is 5.32 Å². The Morgan fingerprint density at radius 3 is 2.15 bits per heavy atom. The SMILES string of the molecule is O=P(O)(O)C(Nc1ccc(F)cc1)c1ccccc1F. The predicted molar refractivity (Wildman–Crippen MR) is 71.2 cm³/mol. The minimum absolute atomic E-state index is 0.148. The smallest absolute Gasteiger partial charge is 0.352 e. The van der Waals surface area contributed by atoms with Crippen LogP contribution in [-0.2, 0) is 4.57 Å². The van der Waals surface area contributed by atoms with Crippen LogP contribution in [0.25, 0.3) is 0 Å². The molecule has 0 saturated heterocycles. The summed E-state index contributed by atoms with van der Waals surface area (Å²) in [7, 11) is -4.65. The lowest BCUT2D eigenvalue weighted by atomic mass is 10.2. The number of hydrogen-bond acceptors (Lipinski definition) is 2. The molecule has 20 heavy (non-hydrogen) atoms. The van der Waals surface area contributed by atoms with Gasteiger partial charge in [-0.15, -0.1) is 0 Å². The van der Waals surface area contributed by atoms with Crippen molar-refractivity contribution >= 4 is 13.3 Å². The molecule has 0 heterocycles. The maximum absolute atomic E-state index is 13.7. The number of rotatable bonds is 4. The van der Waals surface area contributed by atoms with E-state index in [0.29, 0.717) is 0 Å². The molecule has 0 radical (unpaired) electrons. The second kappa shape index (κ2) is 5.71. The van der Waals surface area contributed by atoms with Crippen LogP contribution in [0.15, 0.2) is 48.5 Å². The zero-order valence-electron chi connectivity index (χ0n) is 10.2. The van der Waals surface area contributed by atoms with Gasteiger partial charge in [0.1, 0.15) is 11.6 Å². The summed E-state index contributed by atoms with van der Waals surface area (Å²) in [5, 5.41) is 2.53. The van der Waals surface area contributed by atoms with E-state index in [2.05, 4.69) is 5.32 Å². The predicted octanol–water partition coefficient (Wildman–Crippen LogP) is 3.25. The molecule has 3 N–H and O–H groups in total. The summed E-state index contributed by atoms with van der Waals surface area (Å²) < 4.78 is 38.0. The fourth-order valence-corrected chi connectivity index (χ4v) is 2.63. The van der Waals surface area contributed by atoms with Gasteiger partial charge in [-0.25, -0.2) is 8.78 Å². The van der Waals surface area contributed by atoms with Gasteiger partial charge in [-0.05, 0) is 30.3 Å². The first kappa shape index (κ1) is 14.7. The Hall–Kier alpha value is -1.75. The highest BCUT2D eigenvalue weighted by Gasteiger charge is 2.32. The van der Waals surface area contributed by atoms with Crippen LogP contribution in [0.1, 0.15) is 11.3 Å². The van der Waals surface area contributed by atoms with Gasteiger partial charge in [-0.2, -0.15) is 0 Å². The van der Waals surface area contributed by atoms with Crippen molar-refractivity contribution in [3.05, 3.63) is 65.7 Å². The molecule has 2 aromatic rings. The topological polar surface area (TPSA) is 69.6 Å². The number of benzene rings is 2. The van der Waals surface area contributed by atoms with E-state index in [1.807, 2.05) is 0 Å². The molecular weight excluding hydrogens is 287 g/mol. The lowest BCUT2D eigenvalue weighted by Gasteiger charge is -2.21. The van der Waals surface area contributed by atoms with Crippen LogP contribution in [0.4, 0.5) is 14.5 Å². The van der Waals surface area contributed by atoms with Crippen LogP contribution in [-0.4, -0.2) is 9.79 Å². The second-order valence-electron chi connectivity index (χ2n) is 4.16. The van der Waals surface area contributed by atoms with Gasteiger partial charge in [0.05, 0.1) is 0 Å². The molecule has 0 aliphatic rings. The lowest BCUT2D eigenvalue weighted by Crippen LogP contribution is -2.13. The van der Waals surface area contributed by atoms with E-state index in [-0.39, 0.29) is 11.3 Å². The van der Waals surface area contributed by atoms with Crippen molar-refractivity contribution in [2.45, 2.75) is 5.78 Å². The van der Waals surface area contributed by atoms with Gasteiger partial charge in [0.2, 0.25) is 0 Å². The van der Waals surface area contributed by atoms with Crippen LogP contribution >= 0.6 is 7.60 Å². The van der Waals surface area contributed by atoms with Crippen molar-refractivity contribution in [1.82, 2.24) is 0 Å². The average Bonchev–Trinajstić information content (AvgIpc) is 2.38. The lowest BCUT2D eigenvalue weighted by molar-refractivity contribution is 0.361. The highest BCUT2D eigenvalue weighted by Crippen LogP contribution is 2.52. The molecule has 4 nitrogen and oxygen atoms in total. The standard InChI is InChI=1S/C13H12F2NO3P/c14-9-5-7-10(8-6-9)16-13(20(17,18)19)11-3-1-2-4-12(11)15/h1-8,13,16H,(H2,17,18,19). The van der Waals surface area contributed by atoms with Gasteiger partial charge in [-0.3, -0.25) is 4.57 Å². The largest absolute Gasteiger partial charge is 0.368 e. The summed E-state index contributed by atoms with van der Waals surface area (Å²) in [6.45, 7) is 0. The number of nitrogens with one attached hydrogen (secondary N) is 1. The van der Waals surface area contributed by atoms with Crippen molar-refractivity contribution in [1.29, 1.82) is 0 Å². The van der Waals surface area contributed by atoms with Crippen LogP contribution in [0.2, 0.25) is 0 Å². The van der Waals surface area contributed by atoms with E-state index in [9.17, 15) is 23.1 Å². The molecule has 0 bridgehead atoms. The first-order valence-electron chi connectivity index (χ1n) is 5.69. The molecule has 1 atom stereocenters. The number of anilines is 1. The quantitative estimate of drug-likeness (QED) is 0.758. The third-order valence-corrected chi connectivity index (χ3v) is 3.76. The maximum Gasteiger partial charge on any atom is 0.352 e. The van der Waals surface area contributed by atoms with Crippen LogP contribution in [0.3, 0.4) is 0 Å². The van der Waals surface area contributed by atoms with Gasteiger partial charge in [0, 0.05) is 11.3 Å². The molecule has 0 aliphatic heterocycles. The summed E-state index contributed by atoms with van der Waals surface area (Å²) in [5.41, 5.74) is 0.133. The summed E-state index contributed by atoms with van der Waals surface area (Å²) >= 11 is 0. The van der Waals surface area contributed by atoms with Gasteiger partial charge < -0.3 is 15.1 Å². The van der Waals surface area contributed by atoms with Crippen molar-refractivity contribution in [2.24, 2.45) is 0 Å². The van der Waals surface area contributed by atoms with Gasteiger partial charge in [-0.1, -0.05) is 18.2 Å². The Kier molecular flexibility index (Phi) is 4.18. The minimum Gasteiger partial charge on any atom is -0.368 e. The zero-order chi connectivity index (χ0) is 14.8. The fraction of sp³-hybridized carbons (Fsp3) is 0.0769. The van der Waals surface area contributed by atoms with Crippen LogP contribution in [0, 0.1) is 11.6 Å². The highest BCUT2D eigenvalue weighted by atomic mass is 31.2. The zero-order valence-corrected chi connectivity index (χ0v) is 11.1. The Labute approximate surface area is 114 Å². The fourth-order valence-electron chi connectivity index (χ4n) is 1.74. The molecule has 0 saturated carbocycles. The van der Waals surface area contributed by atoms with Crippen molar-refractivity contribution in [3.63, 3.8) is 0 Å². The average molecular weight is 299 g/mol. The van der Waals surface area contributed by atoms with E-state index in [1.165, 1.54) is 30.3 Å². The van der Waals surface area contributed by atoms with Gasteiger partial charge in [0.25, 0.3) is 0 Å². The molecule has 0 fully saturated rings. The van der Waals surface area contributed by atoms with E-state index < -0.39 is 25.0 Å². The van der Waals surface area contributed by atoms with E-state index in [1.54, 1.807) is 0 Å². The van der Waals surface area contributed by atoms with Gasteiger partial charge >= 0.3 is 7.60 Å². The Bertz CT molecular complexity index is 642. The molecule has 2 aromatic carbocycles. The molecule has 0 amide bonds. The van der Waals surface area contributed by atoms with Crippen LogP contribution < -0.4 is 5.32 Å². The van der Waals surface area contributed by atoms with E-state index in [0.717, 1.165) is 18.2 Å². The first-order valence-corrected chi connectivity index (χ1v) is 7.38. The normalized spacial score (nSPS) is 13.0. The maximum atomic E-state index is 13.7. The Morgan fingerprint density at radius 2 is 1.60 bits per heavy atom. The van der Waals surface area contributed by atoms with Crippen LogP contribution in [0.5, 0.6) is 0 Å². The summed E-state index contributed by atoms with van der Waals surface area (Å²) in [5.74, 6) is -2.74. The molecule has 106 valence electrons. The highest BCUT2D eigenvalue weighted by molar-refractivity contribution is 7.52. The van der Waals surface area contributed by atoms with Crippen molar-refractivity contribution in [3.8, 4) is 0 Å². The third kappa shape index (κ3) is 3.42. The minimum atomic E-state index is -4.65. The molecule has 0 aromatic heterocycles. The first-order chi connectivity index (χ1) is 9.38.